The second kappa shape index (κ2) is 10.2. The summed E-state index contributed by atoms with van der Waals surface area (Å²) < 4.78 is 11.5. The number of rotatable bonds is 6. The van der Waals surface area contributed by atoms with Gasteiger partial charge in [0.05, 0.1) is 25.5 Å². The molecule has 1 unspecified atom stereocenters. The van der Waals surface area contributed by atoms with Crippen molar-refractivity contribution >= 4 is 11.6 Å². The molecule has 1 atom stereocenters. The number of nitrogens with one attached hydrogen (secondary N) is 2. The molecular formula is C25H31N5O2. The van der Waals surface area contributed by atoms with E-state index in [1.54, 1.807) is 20.4 Å². The zero-order valence-corrected chi connectivity index (χ0v) is 19.0. The highest BCUT2D eigenvalue weighted by molar-refractivity contribution is 5.80. The maximum absolute atomic E-state index is 5.92. The zero-order valence-electron chi connectivity index (χ0n) is 19.0. The maximum atomic E-state index is 5.92. The largest absolute Gasteiger partial charge is 0.495 e. The lowest BCUT2D eigenvalue weighted by Crippen LogP contribution is -2.51. The van der Waals surface area contributed by atoms with E-state index in [4.69, 9.17) is 9.15 Å². The molecule has 1 saturated heterocycles. The molecule has 168 valence electrons. The van der Waals surface area contributed by atoms with Crippen LogP contribution in [0.25, 0.3) is 11.3 Å². The molecule has 0 spiro atoms. The molecule has 0 aliphatic carbocycles. The molecule has 32 heavy (non-hydrogen) atoms. The Labute approximate surface area is 189 Å². The minimum absolute atomic E-state index is 0.285. The molecule has 2 N–H and O–H groups in total. The molecular weight excluding hydrogens is 402 g/mol. The monoisotopic (exact) mass is 433 g/mol. The predicted octanol–water partition coefficient (Wildman–Crippen LogP) is 3.99. The summed E-state index contributed by atoms with van der Waals surface area (Å²) in [6.45, 7) is 4.44. The zero-order chi connectivity index (χ0) is 22.3. The van der Waals surface area contributed by atoms with Crippen molar-refractivity contribution in [1.29, 1.82) is 0 Å². The Morgan fingerprint density at radius 3 is 2.81 bits per heavy atom. The van der Waals surface area contributed by atoms with Crippen molar-refractivity contribution in [2.24, 2.45) is 4.99 Å². The van der Waals surface area contributed by atoms with Gasteiger partial charge in [0, 0.05) is 31.7 Å². The number of nitrogens with zero attached hydrogens (tertiary/aromatic N) is 3. The number of guanidine groups is 1. The van der Waals surface area contributed by atoms with Crippen molar-refractivity contribution < 1.29 is 9.15 Å². The van der Waals surface area contributed by atoms with E-state index in [1.165, 1.54) is 5.56 Å². The summed E-state index contributed by atoms with van der Waals surface area (Å²) in [4.78, 5) is 11.2. The van der Waals surface area contributed by atoms with E-state index in [1.807, 2.05) is 24.3 Å². The van der Waals surface area contributed by atoms with E-state index in [9.17, 15) is 0 Å². The van der Waals surface area contributed by atoms with Crippen LogP contribution in [0.2, 0.25) is 0 Å². The second-order valence-electron chi connectivity index (χ2n) is 8.01. The Hall–Kier alpha value is -3.48. The summed E-state index contributed by atoms with van der Waals surface area (Å²) in [5, 5.41) is 6.87. The smallest absolute Gasteiger partial charge is 0.214 e. The number of piperidine rings is 1. The molecule has 7 nitrogen and oxygen atoms in total. The molecule has 1 aliphatic heterocycles. The average Bonchev–Trinajstić information content (AvgIpc) is 3.31. The third-order valence-electron chi connectivity index (χ3n) is 5.71. The molecule has 1 aliphatic rings. The SMILES string of the molecule is CN=C(NCc1ncc(-c2ccc(C)cc2)o1)NC1CCCN(c2ccccc2OC)C1. The first-order chi connectivity index (χ1) is 15.7. The molecule has 2 aromatic carbocycles. The van der Waals surface area contributed by atoms with Gasteiger partial charge in [-0.05, 0) is 31.9 Å². The highest BCUT2D eigenvalue weighted by atomic mass is 16.5. The summed E-state index contributed by atoms with van der Waals surface area (Å²) in [6.07, 6.45) is 3.96. The van der Waals surface area contributed by atoms with Crippen LogP contribution in [0.5, 0.6) is 5.75 Å². The Kier molecular flexibility index (Phi) is 6.94. The lowest BCUT2D eigenvalue weighted by atomic mass is 10.0. The third kappa shape index (κ3) is 5.22. The third-order valence-corrected chi connectivity index (χ3v) is 5.71. The highest BCUT2D eigenvalue weighted by Gasteiger charge is 2.23. The van der Waals surface area contributed by atoms with Crippen LogP contribution in [0.3, 0.4) is 0 Å². The predicted molar refractivity (Wildman–Crippen MR) is 128 cm³/mol. The van der Waals surface area contributed by atoms with Gasteiger partial charge in [-0.3, -0.25) is 4.99 Å². The van der Waals surface area contributed by atoms with Gasteiger partial charge in [-0.25, -0.2) is 4.98 Å². The van der Waals surface area contributed by atoms with Gasteiger partial charge in [0.15, 0.2) is 11.7 Å². The van der Waals surface area contributed by atoms with Crippen LogP contribution < -0.4 is 20.3 Å². The van der Waals surface area contributed by atoms with Gasteiger partial charge in [-0.1, -0.05) is 42.0 Å². The fourth-order valence-corrected chi connectivity index (χ4v) is 4.00. The van der Waals surface area contributed by atoms with E-state index in [2.05, 4.69) is 56.7 Å². The van der Waals surface area contributed by atoms with Crippen LogP contribution in [0, 0.1) is 6.92 Å². The number of benzene rings is 2. The van der Waals surface area contributed by atoms with Crippen LogP contribution in [-0.4, -0.2) is 44.2 Å². The number of para-hydroxylation sites is 2. The minimum Gasteiger partial charge on any atom is -0.495 e. The van der Waals surface area contributed by atoms with Crippen molar-refractivity contribution in [2.45, 2.75) is 32.4 Å². The van der Waals surface area contributed by atoms with Crippen molar-refractivity contribution in [3.63, 3.8) is 0 Å². The molecule has 1 fully saturated rings. The number of methoxy groups -OCH3 is 1. The van der Waals surface area contributed by atoms with E-state index in [-0.39, 0.29) is 6.04 Å². The van der Waals surface area contributed by atoms with Gasteiger partial charge >= 0.3 is 0 Å². The second-order valence-corrected chi connectivity index (χ2v) is 8.01. The number of oxazole rings is 1. The summed E-state index contributed by atoms with van der Waals surface area (Å²) in [6, 6.07) is 16.7. The van der Waals surface area contributed by atoms with E-state index in [0.717, 1.165) is 54.7 Å². The minimum atomic E-state index is 0.285. The van der Waals surface area contributed by atoms with Crippen molar-refractivity contribution in [1.82, 2.24) is 15.6 Å². The van der Waals surface area contributed by atoms with Crippen LogP contribution >= 0.6 is 0 Å². The molecule has 0 radical (unpaired) electrons. The van der Waals surface area contributed by atoms with Gasteiger partial charge in [0.1, 0.15) is 5.75 Å². The summed E-state index contributed by atoms with van der Waals surface area (Å²) in [5.41, 5.74) is 3.38. The first-order valence-electron chi connectivity index (χ1n) is 11.0. The van der Waals surface area contributed by atoms with Crippen molar-refractivity contribution in [3.05, 3.63) is 66.2 Å². The van der Waals surface area contributed by atoms with E-state index >= 15 is 0 Å². The normalized spacial score (nSPS) is 16.7. The van der Waals surface area contributed by atoms with Gasteiger partial charge < -0.3 is 24.7 Å². The topological polar surface area (TPSA) is 74.9 Å². The maximum Gasteiger partial charge on any atom is 0.214 e. The van der Waals surface area contributed by atoms with Crippen LogP contribution in [0.4, 0.5) is 5.69 Å². The molecule has 0 saturated carbocycles. The Morgan fingerprint density at radius 1 is 1.22 bits per heavy atom. The lowest BCUT2D eigenvalue weighted by molar-refractivity contribution is 0.408. The number of hydrogen-bond donors (Lipinski definition) is 2. The molecule has 0 amide bonds. The fraction of sp³-hybridized carbons (Fsp3) is 0.360. The molecule has 1 aromatic heterocycles. The quantitative estimate of drug-likeness (QED) is 0.452. The molecule has 0 bridgehead atoms. The van der Waals surface area contributed by atoms with Crippen LogP contribution in [-0.2, 0) is 6.54 Å². The van der Waals surface area contributed by atoms with Crippen LogP contribution in [0.15, 0.2) is 64.1 Å². The highest BCUT2D eigenvalue weighted by Crippen LogP contribution is 2.29. The number of hydrogen-bond acceptors (Lipinski definition) is 5. The van der Waals surface area contributed by atoms with E-state index < -0.39 is 0 Å². The van der Waals surface area contributed by atoms with Crippen molar-refractivity contribution in [2.75, 3.05) is 32.1 Å². The first-order valence-corrected chi connectivity index (χ1v) is 11.0. The first kappa shape index (κ1) is 21.7. The number of aromatic nitrogens is 1. The van der Waals surface area contributed by atoms with Gasteiger partial charge in [0.25, 0.3) is 0 Å². The number of aliphatic imine (C=N–C) groups is 1. The molecule has 4 rings (SSSR count). The number of anilines is 1. The lowest BCUT2D eigenvalue weighted by Gasteiger charge is -2.36. The van der Waals surface area contributed by atoms with Gasteiger partial charge in [-0.15, -0.1) is 0 Å². The summed E-state index contributed by atoms with van der Waals surface area (Å²) >= 11 is 0. The Balaban J connectivity index is 1.33. The molecule has 3 aromatic rings. The molecule has 2 heterocycles. The van der Waals surface area contributed by atoms with Crippen molar-refractivity contribution in [3.8, 4) is 17.1 Å². The number of aryl methyl sites for hydroxylation is 1. The van der Waals surface area contributed by atoms with E-state index in [0.29, 0.717) is 12.4 Å². The van der Waals surface area contributed by atoms with Gasteiger partial charge in [0.2, 0.25) is 5.89 Å². The standard InChI is InChI=1S/C25H31N5O2/c1-18-10-12-19(13-11-18)23-15-27-24(32-23)16-28-25(26-2)29-20-7-6-14-30(17-20)21-8-4-5-9-22(21)31-3/h4-5,8-13,15,20H,6-7,14,16-17H2,1-3H3,(H2,26,28,29). The Bertz CT molecular complexity index is 1040. The van der Waals surface area contributed by atoms with Crippen LogP contribution in [0.1, 0.15) is 24.3 Å². The summed E-state index contributed by atoms with van der Waals surface area (Å²) in [5.74, 6) is 3.04. The van der Waals surface area contributed by atoms with Gasteiger partial charge in [-0.2, -0.15) is 0 Å². The average molecular weight is 434 g/mol. The molecule has 7 heteroatoms. The Morgan fingerprint density at radius 2 is 2.03 bits per heavy atom. The fourth-order valence-electron chi connectivity index (χ4n) is 4.00. The number of ether oxygens (including phenoxy) is 1. The summed E-state index contributed by atoms with van der Waals surface area (Å²) in [7, 11) is 3.50.